The molecule has 0 aliphatic carbocycles. The van der Waals surface area contributed by atoms with Gasteiger partial charge in [0.05, 0.1) is 25.7 Å². The number of esters is 1. The number of ketones is 1. The van der Waals surface area contributed by atoms with Gasteiger partial charge in [-0.15, -0.1) is 6.54 Å². The molecule has 0 bridgehead atoms. The molecule has 0 heterocycles. The first kappa shape index (κ1) is 27.1. The summed E-state index contributed by atoms with van der Waals surface area (Å²) in [6, 6.07) is 7.44. The van der Waals surface area contributed by atoms with Crippen LogP contribution in [0.15, 0.2) is 36.0 Å². The van der Waals surface area contributed by atoms with E-state index in [1.54, 1.807) is 13.1 Å². The van der Waals surface area contributed by atoms with Crippen LogP contribution in [0.2, 0.25) is 0 Å². The Morgan fingerprint density at radius 3 is 2.32 bits per heavy atom. The smallest absolute Gasteiger partial charge is 0.648 e. The van der Waals surface area contributed by atoms with Crippen LogP contribution in [0, 0.1) is 0 Å². The zero-order valence-corrected chi connectivity index (χ0v) is 22.0. The largest absolute Gasteiger partial charge is 1.00 e. The zero-order chi connectivity index (χ0) is 20.1. The molecule has 7 nitrogen and oxygen atoms in total. The second-order valence-electron chi connectivity index (χ2n) is 5.99. The minimum Gasteiger partial charge on any atom is -0.648 e. The van der Waals surface area contributed by atoms with Gasteiger partial charge in [0.15, 0.2) is 5.78 Å². The summed E-state index contributed by atoms with van der Waals surface area (Å²) in [6.07, 6.45) is 2.45. The normalized spacial score (nSPS) is 10.6. The van der Waals surface area contributed by atoms with E-state index in [0.717, 1.165) is 16.8 Å². The summed E-state index contributed by atoms with van der Waals surface area (Å²) in [5, 5.41) is 6.86. The van der Waals surface area contributed by atoms with Crippen LogP contribution < -0.4 is 63.5 Å². The molecule has 0 saturated heterocycles. The van der Waals surface area contributed by atoms with Crippen LogP contribution in [-0.4, -0.2) is 44.5 Å². The van der Waals surface area contributed by atoms with E-state index in [9.17, 15) is 14.4 Å². The molecule has 1 aromatic rings. The number of amides is 1. The number of nitrogens with one attached hydrogen (secondary N) is 1. The molecular formula is C20H27N2O5Rb. The first-order valence-corrected chi connectivity index (χ1v) is 8.79. The van der Waals surface area contributed by atoms with Crippen molar-refractivity contribution in [3.8, 4) is 0 Å². The molecule has 0 aromatic heterocycles. The summed E-state index contributed by atoms with van der Waals surface area (Å²) in [4.78, 5) is 34.1. The van der Waals surface area contributed by atoms with Gasteiger partial charge in [-0.2, -0.15) is 0 Å². The maximum atomic E-state index is 11.9. The van der Waals surface area contributed by atoms with Crippen LogP contribution in [0.1, 0.15) is 31.4 Å². The minimum absolute atomic E-state index is 0. The van der Waals surface area contributed by atoms with E-state index in [1.165, 1.54) is 6.92 Å². The monoisotopic (exact) mass is 460 g/mol. The fourth-order valence-electron chi connectivity index (χ4n) is 2.09. The predicted octanol–water partition coefficient (Wildman–Crippen LogP) is -0.704. The van der Waals surface area contributed by atoms with Crippen molar-refractivity contribution >= 4 is 17.7 Å². The fraction of sp³-hybridized carbons (Fsp3) is 0.450. The Morgan fingerprint density at radius 1 is 1.07 bits per heavy atom. The molecule has 0 radical (unpaired) electrons. The Labute approximate surface area is 215 Å². The molecule has 0 aliphatic heterocycles. The van der Waals surface area contributed by atoms with Crippen molar-refractivity contribution in [2.75, 3.05) is 26.9 Å². The van der Waals surface area contributed by atoms with E-state index in [4.69, 9.17) is 9.47 Å². The molecular weight excluding hydrogens is 434 g/mol. The number of rotatable bonds is 12. The third kappa shape index (κ3) is 13.3. The van der Waals surface area contributed by atoms with Crippen LogP contribution in [0.5, 0.6) is 0 Å². The molecule has 8 heteroatoms. The van der Waals surface area contributed by atoms with Gasteiger partial charge >= 0.3 is 64.2 Å². The molecule has 0 fully saturated rings. The Hall–Kier alpha value is -0.865. The van der Waals surface area contributed by atoms with Gasteiger partial charge in [-0.05, 0) is 12.5 Å². The van der Waals surface area contributed by atoms with Crippen LogP contribution in [0.25, 0.3) is 5.32 Å². The van der Waals surface area contributed by atoms with Gasteiger partial charge in [-0.3, -0.25) is 9.59 Å². The molecule has 148 valence electrons. The number of carbonyl (C=O) groups excluding carboxylic acids is 3. The van der Waals surface area contributed by atoms with Crippen molar-refractivity contribution in [2.24, 2.45) is 0 Å². The SMILES string of the molecule is CN/C(C)=C\C(=O)Cc1ccc(C[N-]C(=O)COCCCOC(C)=O)cc1.[Rb+]. The van der Waals surface area contributed by atoms with Crippen LogP contribution in [0.3, 0.4) is 0 Å². The van der Waals surface area contributed by atoms with Gasteiger partial charge in [-0.1, -0.05) is 29.8 Å². The number of benzene rings is 1. The quantitative estimate of drug-likeness (QED) is 0.252. The maximum Gasteiger partial charge on any atom is 1.00 e. The van der Waals surface area contributed by atoms with Crippen molar-refractivity contribution in [3.05, 3.63) is 52.5 Å². The van der Waals surface area contributed by atoms with Crippen molar-refractivity contribution in [1.82, 2.24) is 5.32 Å². The Balaban J connectivity index is 0.00000729. The zero-order valence-electron chi connectivity index (χ0n) is 17.1. The van der Waals surface area contributed by atoms with Crippen LogP contribution in [-0.2, 0) is 36.8 Å². The molecule has 0 aliphatic rings. The number of hydrogen-bond donors (Lipinski definition) is 1. The summed E-state index contributed by atoms with van der Waals surface area (Å²) >= 11 is 0. The van der Waals surface area contributed by atoms with Crippen molar-refractivity contribution in [2.45, 2.75) is 33.2 Å². The van der Waals surface area contributed by atoms with Crippen molar-refractivity contribution in [1.29, 1.82) is 0 Å². The topological polar surface area (TPSA) is 95.8 Å². The molecule has 0 atom stereocenters. The van der Waals surface area contributed by atoms with E-state index in [-0.39, 0.29) is 95.6 Å². The van der Waals surface area contributed by atoms with E-state index >= 15 is 0 Å². The molecule has 1 amide bonds. The van der Waals surface area contributed by atoms with Gasteiger partial charge in [0.2, 0.25) is 0 Å². The third-order valence-corrected chi connectivity index (χ3v) is 3.58. The molecule has 1 N–H and O–H groups in total. The summed E-state index contributed by atoms with van der Waals surface area (Å²) in [5.74, 6) is -0.643. The molecule has 0 spiro atoms. The standard InChI is InChI=1S/C20H28N2O5.Rb/c1-15(21-3)11-19(24)12-17-5-7-18(8-6-17)13-22-20(25)14-26-9-4-10-27-16(2)23;/h5-8,11H,4,9-10,12-14H2,1-3H3,(H2,21,22,24,25);/q;+1/p-1. The van der Waals surface area contributed by atoms with E-state index in [1.807, 2.05) is 31.2 Å². The number of carbonyl (C=O) groups is 3. The number of hydrogen-bond acceptors (Lipinski definition) is 6. The van der Waals surface area contributed by atoms with E-state index < -0.39 is 0 Å². The number of nitrogens with zero attached hydrogens (tertiary/aromatic N) is 1. The summed E-state index contributed by atoms with van der Waals surface area (Å²) in [6.45, 7) is 3.96. The first-order valence-electron chi connectivity index (χ1n) is 8.79. The summed E-state index contributed by atoms with van der Waals surface area (Å²) < 4.78 is 9.94. The van der Waals surface area contributed by atoms with E-state index in [0.29, 0.717) is 19.4 Å². The molecule has 0 saturated carbocycles. The van der Waals surface area contributed by atoms with Gasteiger partial charge in [-0.25, -0.2) is 0 Å². The molecule has 1 aromatic carbocycles. The average molecular weight is 461 g/mol. The van der Waals surface area contributed by atoms with Gasteiger partial charge in [0, 0.05) is 38.6 Å². The Morgan fingerprint density at radius 2 is 1.71 bits per heavy atom. The minimum atomic E-state index is -0.339. The molecule has 28 heavy (non-hydrogen) atoms. The number of ether oxygens (including phenoxy) is 2. The first-order chi connectivity index (χ1) is 12.9. The van der Waals surface area contributed by atoms with Crippen molar-refractivity contribution in [3.63, 3.8) is 0 Å². The second-order valence-corrected chi connectivity index (χ2v) is 5.99. The Kier molecular flexibility index (Phi) is 15.5. The van der Waals surface area contributed by atoms with Crippen LogP contribution in [0.4, 0.5) is 0 Å². The van der Waals surface area contributed by atoms with Gasteiger partial charge in [0.1, 0.15) is 0 Å². The Bertz CT molecular complexity index is 659. The molecule has 0 unspecified atom stereocenters. The summed E-state index contributed by atoms with van der Waals surface area (Å²) in [5.41, 5.74) is 2.62. The maximum absolute atomic E-state index is 11.9. The van der Waals surface area contributed by atoms with Crippen molar-refractivity contribution < 1.29 is 82.0 Å². The predicted molar refractivity (Wildman–Crippen MR) is 102 cm³/mol. The summed E-state index contributed by atoms with van der Waals surface area (Å²) in [7, 11) is 1.77. The molecule has 1 rings (SSSR count). The van der Waals surface area contributed by atoms with Gasteiger partial charge in [0.25, 0.3) is 0 Å². The van der Waals surface area contributed by atoms with E-state index in [2.05, 4.69) is 10.6 Å². The fourth-order valence-corrected chi connectivity index (χ4v) is 2.09. The second kappa shape index (κ2) is 16.0. The average Bonchev–Trinajstić information content (AvgIpc) is 2.63. The number of allylic oxidation sites excluding steroid dienone is 2. The van der Waals surface area contributed by atoms with Gasteiger partial charge < -0.3 is 24.9 Å². The van der Waals surface area contributed by atoms with Crippen LogP contribution >= 0.6 is 0 Å². The third-order valence-electron chi connectivity index (χ3n) is 3.58.